The molecule has 0 spiro atoms. The molecule has 2 amide bonds. The van der Waals surface area contributed by atoms with Crippen molar-refractivity contribution in [2.45, 2.75) is 38.1 Å². The Morgan fingerprint density at radius 2 is 1.78 bits per heavy atom. The highest BCUT2D eigenvalue weighted by atomic mass is 19.1. The van der Waals surface area contributed by atoms with Crippen LogP contribution in [0.15, 0.2) is 85.2 Å². The Kier molecular flexibility index (Phi) is 10.5. The molecule has 2 heterocycles. The number of aryl methyl sites for hydroxylation is 1. The number of hydrogen-bond acceptors (Lipinski definition) is 5. The predicted octanol–water partition coefficient (Wildman–Crippen LogP) is 5.78. The van der Waals surface area contributed by atoms with Crippen molar-refractivity contribution in [1.29, 1.82) is 0 Å². The van der Waals surface area contributed by atoms with Gasteiger partial charge in [-0.25, -0.2) is 13.2 Å². The number of aromatic nitrogens is 1. The fraction of sp³-hybridized carbons (Fsp3) is 0.286. The zero-order valence-electron chi connectivity index (χ0n) is 24.9. The van der Waals surface area contributed by atoms with Crippen molar-refractivity contribution >= 4 is 17.5 Å². The minimum absolute atomic E-state index is 0.0965. The first kappa shape index (κ1) is 31.7. The Labute approximate surface area is 260 Å². The summed E-state index contributed by atoms with van der Waals surface area (Å²) < 4.78 is 48.8. The molecule has 0 saturated carbocycles. The van der Waals surface area contributed by atoms with E-state index in [9.17, 15) is 18.4 Å². The summed E-state index contributed by atoms with van der Waals surface area (Å²) in [4.78, 5) is 32.2. The van der Waals surface area contributed by atoms with Crippen molar-refractivity contribution in [3.8, 4) is 5.75 Å². The van der Waals surface area contributed by atoms with Gasteiger partial charge in [0.05, 0.1) is 18.1 Å². The molecule has 4 aromatic rings. The topological polar surface area (TPSA) is 83.6 Å². The van der Waals surface area contributed by atoms with Crippen LogP contribution in [0.1, 0.15) is 41.0 Å². The zero-order valence-corrected chi connectivity index (χ0v) is 24.9. The lowest BCUT2D eigenvalue weighted by atomic mass is 9.87. The van der Waals surface area contributed by atoms with Gasteiger partial charge in [-0.15, -0.1) is 0 Å². The van der Waals surface area contributed by atoms with E-state index >= 15 is 4.39 Å². The highest BCUT2D eigenvalue weighted by Crippen LogP contribution is 2.31. The molecule has 0 bridgehead atoms. The lowest BCUT2D eigenvalue weighted by Crippen LogP contribution is -2.54. The first-order chi connectivity index (χ1) is 21.8. The van der Waals surface area contributed by atoms with Gasteiger partial charge in [-0.1, -0.05) is 36.4 Å². The number of amides is 2. The van der Waals surface area contributed by atoms with Crippen LogP contribution in [0.4, 0.5) is 18.9 Å². The van der Waals surface area contributed by atoms with Gasteiger partial charge in [0.25, 0.3) is 5.91 Å². The maximum atomic E-state index is 15.1. The lowest BCUT2D eigenvalue weighted by molar-refractivity contribution is -0.136. The van der Waals surface area contributed by atoms with Gasteiger partial charge >= 0.3 is 0 Å². The van der Waals surface area contributed by atoms with Gasteiger partial charge in [0, 0.05) is 43.6 Å². The minimum atomic E-state index is -0.573. The number of hydrogen-bond donors (Lipinski definition) is 2. The molecule has 1 aromatic heterocycles. The number of carbonyl (C=O) groups excluding carboxylic acids is 2. The van der Waals surface area contributed by atoms with E-state index in [-0.39, 0.29) is 42.6 Å². The van der Waals surface area contributed by atoms with Gasteiger partial charge < -0.3 is 20.3 Å². The summed E-state index contributed by atoms with van der Waals surface area (Å²) in [5, 5.41) is 6.09. The molecule has 45 heavy (non-hydrogen) atoms. The second-order valence-corrected chi connectivity index (χ2v) is 11.2. The third-order valence-corrected chi connectivity index (χ3v) is 7.91. The maximum Gasteiger partial charge on any atom is 0.260 e. The Balaban J connectivity index is 1.28. The molecule has 1 fully saturated rings. The minimum Gasteiger partial charge on any atom is -0.484 e. The molecule has 0 unspecified atom stereocenters. The van der Waals surface area contributed by atoms with Gasteiger partial charge in [-0.2, -0.15) is 0 Å². The highest BCUT2D eigenvalue weighted by Gasteiger charge is 2.28. The molecule has 7 nitrogen and oxygen atoms in total. The van der Waals surface area contributed by atoms with Gasteiger partial charge in [-0.3, -0.25) is 14.6 Å². The average molecular weight is 617 g/mol. The molecule has 234 valence electrons. The van der Waals surface area contributed by atoms with Crippen molar-refractivity contribution in [3.05, 3.63) is 125 Å². The monoisotopic (exact) mass is 616 g/mol. The summed E-state index contributed by atoms with van der Waals surface area (Å²) in [5.41, 5.74) is 2.39. The van der Waals surface area contributed by atoms with Crippen LogP contribution in [0.2, 0.25) is 0 Å². The smallest absolute Gasteiger partial charge is 0.260 e. The fourth-order valence-corrected chi connectivity index (χ4v) is 5.70. The van der Waals surface area contributed by atoms with Crippen LogP contribution in [0.3, 0.4) is 0 Å². The molecule has 0 radical (unpaired) electrons. The lowest BCUT2D eigenvalue weighted by Gasteiger charge is -2.36. The molecule has 1 saturated heterocycles. The molecule has 2 atom stereocenters. The molecule has 1 aliphatic rings. The molecule has 0 aliphatic carbocycles. The largest absolute Gasteiger partial charge is 0.484 e. The Morgan fingerprint density at radius 1 is 1.00 bits per heavy atom. The van der Waals surface area contributed by atoms with Gasteiger partial charge in [0.2, 0.25) is 5.91 Å². The molecule has 1 aliphatic heterocycles. The Morgan fingerprint density at radius 3 is 2.53 bits per heavy atom. The molecular formula is C35H35F3N4O3. The number of halogens is 3. The first-order valence-corrected chi connectivity index (χ1v) is 14.9. The summed E-state index contributed by atoms with van der Waals surface area (Å²) in [5.74, 6) is -2.00. The predicted molar refractivity (Wildman–Crippen MR) is 165 cm³/mol. The van der Waals surface area contributed by atoms with Crippen LogP contribution >= 0.6 is 0 Å². The second kappa shape index (κ2) is 14.9. The molecule has 2 N–H and O–H groups in total. The number of rotatable bonds is 11. The van der Waals surface area contributed by atoms with E-state index in [1.165, 1.54) is 30.5 Å². The van der Waals surface area contributed by atoms with Crippen LogP contribution < -0.4 is 15.4 Å². The third-order valence-electron chi connectivity index (χ3n) is 7.91. The third kappa shape index (κ3) is 8.48. The van der Waals surface area contributed by atoms with Gasteiger partial charge in [0.15, 0.2) is 6.61 Å². The Hall–Kier alpha value is -4.70. The van der Waals surface area contributed by atoms with E-state index in [1.54, 1.807) is 42.2 Å². The normalized spacial score (nSPS) is 15.4. The SMILES string of the molecule is Cc1cc(F)cc([C@@H](CC(=O)Nc2cncc(F)c2CC[C@H]2CNCCN2C(=O)COc2ccccc2)c2ccc(F)cc2)c1. The molecule has 3 aromatic carbocycles. The van der Waals surface area contributed by atoms with Crippen LogP contribution in [-0.4, -0.2) is 54.0 Å². The summed E-state index contributed by atoms with van der Waals surface area (Å²) in [6, 6.07) is 19.2. The van der Waals surface area contributed by atoms with Gasteiger partial charge in [0.1, 0.15) is 23.2 Å². The van der Waals surface area contributed by atoms with Gasteiger partial charge in [-0.05, 0) is 72.9 Å². The summed E-state index contributed by atoms with van der Waals surface area (Å²) in [6.45, 7) is 3.32. The quantitative estimate of drug-likeness (QED) is 0.223. The van der Waals surface area contributed by atoms with Crippen molar-refractivity contribution in [2.24, 2.45) is 0 Å². The number of para-hydroxylation sites is 1. The van der Waals surface area contributed by atoms with Crippen LogP contribution in [0.5, 0.6) is 5.75 Å². The maximum absolute atomic E-state index is 15.1. The first-order valence-electron chi connectivity index (χ1n) is 14.9. The van der Waals surface area contributed by atoms with E-state index in [0.717, 1.165) is 6.20 Å². The Bertz CT molecular complexity index is 1600. The number of pyridine rings is 1. The number of nitrogens with zero attached hydrogens (tertiary/aromatic N) is 2. The summed E-state index contributed by atoms with van der Waals surface area (Å²) >= 11 is 0. The fourth-order valence-electron chi connectivity index (χ4n) is 5.70. The second-order valence-electron chi connectivity index (χ2n) is 11.2. The van der Waals surface area contributed by atoms with Crippen LogP contribution in [0, 0.1) is 24.4 Å². The number of anilines is 1. The van der Waals surface area contributed by atoms with Crippen LogP contribution in [-0.2, 0) is 16.0 Å². The summed E-state index contributed by atoms with van der Waals surface area (Å²) in [7, 11) is 0. The van der Waals surface area contributed by atoms with E-state index < -0.39 is 29.3 Å². The summed E-state index contributed by atoms with van der Waals surface area (Å²) in [6.07, 6.45) is 3.07. The van der Waals surface area contributed by atoms with Crippen molar-refractivity contribution in [2.75, 3.05) is 31.6 Å². The van der Waals surface area contributed by atoms with E-state index in [1.807, 2.05) is 18.2 Å². The number of carbonyl (C=O) groups is 2. The van der Waals surface area contributed by atoms with Crippen molar-refractivity contribution in [3.63, 3.8) is 0 Å². The van der Waals surface area contributed by atoms with E-state index in [0.29, 0.717) is 48.5 Å². The van der Waals surface area contributed by atoms with Crippen molar-refractivity contribution in [1.82, 2.24) is 15.2 Å². The van der Waals surface area contributed by atoms with Crippen LogP contribution in [0.25, 0.3) is 0 Å². The van der Waals surface area contributed by atoms with E-state index in [4.69, 9.17) is 4.74 Å². The highest BCUT2D eigenvalue weighted by molar-refractivity contribution is 5.92. The van der Waals surface area contributed by atoms with Crippen molar-refractivity contribution < 1.29 is 27.5 Å². The average Bonchev–Trinajstić information content (AvgIpc) is 3.03. The number of piperazine rings is 1. The zero-order chi connectivity index (χ0) is 31.8. The van der Waals surface area contributed by atoms with E-state index in [2.05, 4.69) is 15.6 Å². The number of nitrogens with one attached hydrogen (secondary N) is 2. The molecular weight excluding hydrogens is 581 g/mol. The number of ether oxygens (including phenoxy) is 1. The molecule has 5 rings (SSSR count). The molecule has 10 heteroatoms. The number of benzene rings is 3. The standard InChI is InChI=1S/C35H35F3N4O3/c1-23-15-25(17-27(37)16-23)31(24-7-9-26(36)10-8-24)18-34(43)41-33-21-40-20-32(38)30(33)12-11-28-19-39-13-14-42(28)35(44)22-45-29-5-3-2-4-6-29/h2-10,15-17,20-21,28,31,39H,11-14,18-19,22H2,1H3,(H,41,43)/t28-,31-/m0/s1.